The molecule has 0 bridgehead atoms. The molecule has 0 aliphatic carbocycles. The molecule has 18 heavy (non-hydrogen) atoms. The van der Waals surface area contributed by atoms with Crippen LogP contribution in [0.15, 0.2) is 38.9 Å². The van der Waals surface area contributed by atoms with Crippen molar-refractivity contribution in [1.82, 2.24) is 0 Å². The normalized spacial score (nSPS) is 11.0. The van der Waals surface area contributed by atoms with E-state index in [1.54, 1.807) is 6.07 Å². The van der Waals surface area contributed by atoms with Gasteiger partial charge in [-0.25, -0.2) is 0 Å². The lowest BCUT2D eigenvalue weighted by Gasteiger charge is -2.02. The van der Waals surface area contributed by atoms with Gasteiger partial charge >= 0.3 is 0 Å². The van der Waals surface area contributed by atoms with E-state index >= 15 is 0 Å². The van der Waals surface area contributed by atoms with Crippen molar-refractivity contribution in [1.29, 1.82) is 0 Å². The molecule has 1 aromatic carbocycles. The van der Waals surface area contributed by atoms with Crippen molar-refractivity contribution in [2.45, 2.75) is 0 Å². The van der Waals surface area contributed by atoms with E-state index in [-0.39, 0.29) is 26.1 Å². The Morgan fingerprint density at radius 1 is 1.22 bits per heavy atom. The Labute approximate surface area is 122 Å². The highest BCUT2D eigenvalue weighted by Crippen LogP contribution is 2.25. The molecule has 0 atom stereocenters. The van der Waals surface area contributed by atoms with E-state index in [4.69, 9.17) is 46.4 Å². The summed E-state index contributed by atoms with van der Waals surface area (Å²) in [5.74, 6) is 0. The highest BCUT2D eigenvalue weighted by atomic mass is 35.5. The first-order chi connectivity index (χ1) is 8.43. The summed E-state index contributed by atoms with van der Waals surface area (Å²) in [6.07, 6.45) is 0. The predicted octanol–water partition coefficient (Wildman–Crippen LogP) is 4.44. The molecule has 1 N–H and O–H groups in total. The minimum atomic E-state index is -0.558. The van der Waals surface area contributed by atoms with E-state index in [2.05, 4.69) is 10.5 Å². The van der Waals surface area contributed by atoms with E-state index < -0.39 is 4.92 Å². The number of rotatable bonds is 4. The number of nitrogens with zero attached hydrogens (tertiary/aromatic N) is 2. The maximum Gasteiger partial charge on any atom is 0.294 e. The number of nitro benzene ring substituents is 1. The molecule has 0 heterocycles. The molecule has 1 rings (SSSR count). The molecule has 1 aromatic rings. The number of benzene rings is 1. The Balaban J connectivity index is 2.97. The number of para-hydroxylation sites is 2. The van der Waals surface area contributed by atoms with Gasteiger partial charge < -0.3 is 0 Å². The number of nitrogens with one attached hydrogen (secondary N) is 1. The Bertz CT molecular complexity index is 526. The summed E-state index contributed by atoms with van der Waals surface area (Å²) in [6.45, 7) is 0. The van der Waals surface area contributed by atoms with Gasteiger partial charge in [-0.3, -0.25) is 15.5 Å². The second-order valence-corrected chi connectivity index (χ2v) is 4.55. The zero-order valence-electron chi connectivity index (χ0n) is 8.53. The molecule has 0 aromatic heterocycles. The van der Waals surface area contributed by atoms with Crippen LogP contribution < -0.4 is 5.43 Å². The summed E-state index contributed by atoms with van der Waals surface area (Å²) in [5.41, 5.74) is 2.42. The minimum Gasteiger partial charge on any atom is -0.270 e. The van der Waals surface area contributed by atoms with Crippen molar-refractivity contribution in [2.75, 3.05) is 5.43 Å². The number of hydrazone groups is 1. The largest absolute Gasteiger partial charge is 0.294 e. The van der Waals surface area contributed by atoms with Gasteiger partial charge in [-0.05, 0) is 6.07 Å². The monoisotopic (exact) mass is 327 g/mol. The summed E-state index contributed by atoms with van der Waals surface area (Å²) < 4.78 is -0.255. The van der Waals surface area contributed by atoms with Crippen LogP contribution in [-0.4, -0.2) is 10.1 Å². The summed E-state index contributed by atoms with van der Waals surface area (Å²) >= 11 is 22.1. The van der Waals surface area contributed by atoms with Gasteiger partial charge in [0.25, 0.3) is 5.69 Å². The van der Waals surface area contributed by atoms with E-state index in [0.717, 1.165) is 0 Å². The zero-order valence-corrected chi connectivity index (χ0v) is 11.6. The fourth-order valence-electron chi connectivity index (χ4n) is 0.964. The molecule has 0 fully saturated rings. The molecule has 0 saturated carbocycles. The Kier molecular flexibility index (Phi) is 5.68. The van der Waals surface area contributed by atoms with Crippen LogP contribution in [0.25, 0.3) is 0 Å². The number of hydrogen-bond donors (Lipinski definition) is 1. The van der Waals surface area contributed by atoms with Gasteiger partial charge in [0.2, 0.25) is 0 Å². The minimum absolute atomic E-state index is 0.150. The van der Waals surface area contributed by atoms with E-state index in [9.17, 15) is 10.1 Å². The number of hydrogen-bond acceptors (Lipinski definition) is 4. The molecule has 0 saturated heterocycles. The number of allylic oxidation sites excluding steroid dienone is 1. The van der Waals surface area contributed by atoms with Gasteiger partial charge in [0.05, 0.1) is 4.92 Å². The smallest absolute Gasteiger partial charge is 0.270 e. The second-order valence-electron chi connectivity index (χ2n) is 2.86. The van der Waals surface area contributed by atoms with E-state index in [1.807, 2.05) is 0 Å². The van der Waals surface area contributed by atoms with Crippen molar-refractivity contribution >= 4 is 62.9 Å². The standard InChI is InChI=1S/C9H5Cl4N3O2/c10-7(8(11)12)9(13)15-14-5-3-1-2-4-6(5)16(17)18/h1-4,14H/b15-9-. The first-order valence-electron chi connectivity index (χ1n) is 4.37. The zero-order chi connectivity index (χ0) is 13.7. The summed E-state index contributed by atoms with van der Waals surface area (Å²) in [4.78, 5) is 10.2. The second kappa shape index (κ2) is 6.80. The van der Waals surface area contributed by atoms with Gasteiger partial charge in [0, 0.05) is 6.07 Å². The van der Waals surface area contributed by atoms with Gasteiger partial charge in [-0.15, -0.1) is 0 Å². The average molecular weight is 329 g/mol. The van der Waals surface area contributed by atoms with E-state index in [0.29, 0.717) is 0 Å². The van der Waals surface area contributed by atoms with E-state index in [1.165, 1.54) is 18.2 Å². The number of halogens is 4. The highest BCUT2D eigenvalue weighted by molar-refractivity contribution is 6.79. The Morgan fingerprint density at radius 2 is 1.83 bits per heavy atom. The molecular formula is C9H5Cl4N3O2. The molecule has 0 aliphatic heterocycles. The van der Waals surface area contributed by atoms with Crippen LogP contribution in [0.3, 0.4) is 0 Å². The molecule has 0 aliphatic rings. The third-order valence-corrected chi connectivity index (χ3v) is 3.03. The van der Waals surface area contributed by atoms with Crippen molar-refractivity contribution in [3.63, 3.8) is 0 Å². The van der Waals surface area contributed by atoms with Crippen LogP contribution in [0.5, 0.6) is 0 Å². The van der Waals surface area contributed by atoms with Crippen molar-refractivity contribution in [3.05, 3.63) is 43.9 Å². The maximum absolute atomic E-state index is 10.7. The highest BCUT2D eigenvalue weighted by Gasteiger charge is 2.12. The third kappa shape index (κ3) is 4.03. The van der Waals surface area contributed by atoms with Crippen LogP contribution >= 0.6 is 46.4 Å². The van der Waals surface area contributed by atoms with Crippen molar-refractivity contribution in [3.8, 4) is 0 Å². The van der Waals surface area contributed by atoms with Gasteiger partial charge in [-0.2, -0.15) is 5.10 Å². The van der Waals surface area contributed by atoms with Crippen LogP contribution in [0.1, 0.15) is 0 Å². The number of anilines is 1. The first kappa shape index (κ1) is 15.0. The molecule has 96 valence electrons. The lowest BCUT2D eigenvalue weighted by Crippen LogP contribution is -1.99. The molecule has 9 heteroatoms. The van der Waals surface area contributed by atoms with Crippen LogP contribution in [0.2, 0.25) is 0 Å². The number of nitro groups is 1. The lowest BCUT2D eigenvalue weighted by molar-refractivity contribution is -0.384. The van der Waals surface area contributed by atoms with Gasteiger partial charge in [0.15, 0.2) is 5.17 Å². The molecule has 0 radical (unpaired) electrons. The van der Waals surface area contributed by atoms with Crippen molar-refractivity contribution in [2.24, 2.45) is 5.10 Å². The Hall–Kier alpha value is -1.01. The average Bonchev–Trinajstić information content (AvgIpc) is 2.35. The molecular weight excluding hydrogens is 324 g/mol. The van der Waals surface area contributed by atoms with Crippen LogP contribution in [-0.2, 0) is 0 Å². The predicted molar refractivity (Wildman–Crippen MR) is 74.6 cm³/mol. The molecule has 0 amide bonds. The summed E-state index contributed by atoms with van der Waals surface area (Å²) in [7, 11) is 0. The Morgan fingerprint density at radius 3 is 2.39 bits per heavy atom. The fraction of sp³-hybridized carbons (Fsp3) is 0. The summed E-state index contributed by atoms with van der Waals surface area (Å²) in [6, 6.07) is 5.91. The maximum atomic E-state index is 10.7. The van der Waals surface area contributed by atoms with Crippen LogP contribution in [0, 0.1) is 10.1 Å². The topological polar surface area (TPSA) is 67.5 Å². The SMILES string of the molecule is O=[N+]([O-])c1ccccc1N/N=C(\Cl)C(Cl)=C(Cl)Cl. The third-order valence-electron chi connectivity index (χ3n) is 1.72. The fourth-order valence-corrected chi connectivity index (χ4v) is 1.42. The lowest BCUT2D eigenvalue weighted by atomic mass is 10.3. The molecule has 0 spiro atoms. The molecule has 5 nitrogen and oxygen atoms in total. The quantitative estimate of drug-likeness (QED) is 0.504. The molecule has 0 unspecified atom stereocenters. The van der Waals surface area contributed by atoms with Gasteiger partial charge in [-0.1, -0.05) is 58.5 Å². The van der Waals surface area contributed by atoms with Gasteiger partial charge in [0.1, 0.15) is 15.2 Å². The first-order valence-corrected chi connectivity index (χ1v) is 5.88. The van der Waals surface area contributed by atoms with Crippen LogP contribution in [0.4, 0.5) is 11.4 Å². The summed E-state index contributed by atoms with van der Waals surface area (Å²) in [5, 5.41) is 14.0. The van der Waals surface area contributed by atoms with Crippen molar-refractivity contribution < 1.29 is 4.92 Å².